The standard InChI is InChI=1S/C21H35NO3/c1-8-9-10-11-21(6,24-7)20(23)22-18-12-16(4)19(17(5)13-18)25-14-15(2)3/h12-13,15H,8-11,14H2,1-7H3,(H,22,23)/t21-/m0/s1. The van der Waals surface area contributed by atoms with Crippen LogP contribution >= 0.6 is 0 Å². The van der Waals surface area contributed by atoms with E-state index in [4.69, 9.17) is 9.47 Å². The molecule has 0 aliphatic carbocycles. The molecule has 0 heterocycles. The molecule has 0 bridgehead atoms. The number of benzene rings is 1. The monoisotopic (exact) mass is 349 g/mol. The molecular weight excluding hydrogens is 314 g/mol. The van der Waals surface area contributed by atoms with E-state index in [2.05, 4.69) is 26.1 Å². The summed E-state index contributed by atoms with van der Waals surface area (Å²) in [5.74, 6) is 1.29. The highest BCUT2D eigenvalue weighted by Gasteiger charge is 2.32. The Hall–Kier alpha value is -1.55. The van der Waals surface area contributed by atoms with Gasteiger partial charge >= 0.3 is 0 Å². The number of carbonyl (C=O) groups excluding carboxylic acids is 1. The van der Waals surface area contributed by atoms with Crippen LogP contribution in [-0.4, -0.2) is 25.2 Å². The maximum atomic E-state index is 12.7. The molecule has 4 heteroatoms. The topological polar surface area (TPSA) is 47.6 Å². The Morgan fingerprint density at radius 2 is 1.80 bits per heavy atom. The molecule has 1 aromatic rings. The third kappa shape index (κ3) is 6.35. The summed E-state index contributed by atoms with van der Waals surface area (Å²) in [7, 11) is 1.60. The zero-order chi connectivity index (χ0) is 19.0. The predicted molar refractivity (Wildman–Crippen MR) is 104 cm³/mol. The number of hydrogen-bond donors (Lipinski definition) is 1. The SMILES string of the molecule is CCCCC[C@](C)(OC)C(=O)Nc1cc(C)c(OCC(C)C)c(C)c1. The van der Waals surface area contributed by atoms with E-state index in [9.17, 15) is 4.79 Å². The van der Waals surface area contributed by atoms with Crippen LogP contribution in [0.4, 0.5) is 5.69 Å². The number of nitrogens with one attached hydrogen (secondary N) is 1. The number of methoxy groups -OCH3 is 1. The second-order valence-corrected chi connectivity index (χ2v) is 7.49. The van der Waals surface area contributed by atoms with Gasteiger partial charge < -0.3 is 14.8 Å². The highest BCUT2D eigenvalue weighted by Crippen LogP contribution is 2.29. The van der Waals surface area contributed by atoms with Crippen molar-refractivity contribution in [2.75, 3.05) is 19.0 Å². The van der Waals surface area contributed by atoms with E-state index >= 15 is 0 Å². The first-order chi connectivity index (χ1) is 11.7. The van der Waals surface area contributed by atoms with Gasteiger partial charge in [0.1, 0.15) is 11.4 Å². The number of unbranched alkanes of at least 4 members (excludes halogenated alkanes) is 2. The molecule has 0 saturated carbocycles. The van der Waals surface area contributed by atoms with Crippen LogP contribution in [0.3, 0.4) is 0 Å². The third-order valence-corrected chi connectivity index (χ3v) is 4.47. The van der Waals surface area contributed by atoms with E-state index in [0.29, 0.717) is 12.5 Å². The molecule has 1 amide bonds. The number of carbonyl (C=O) groups is 1. The fourth-order valence-corrected chi connectivity index (χ4v) is 2.78. The van der Waals surface area contributed by atoms with Gasteiger partial charge in [-0.1, -0.05) is 40.0 Å². The van der Waals surface area contributed by atoms with Gasteiger partial charge in [-0.3, -0.25) is 4.79 Å². The first-order valence-corrected chi connectivity index (χ1v) is 9.34. The van der Waals surface area contributed by atoms with Crippen LogP contribution in [0.5, 0.6) is 5.75 Å². The molecule has 1 rings (SSSR count). The maximum Gasteiger partial charge on any atom is 0.256 e. The lowest BCUT2D eigenvalue weighted by Crippen LogP contribution is -2.42. The van der Waals surface area contributed by atoms with Crippen LogP contribution in [0.2, 0.25) is 0 Å². The van der Waals surface area contributed by atoms with E-state index < -0.39 is 5.60 Å². The summed E-state index contributed by atoms with van der Waals surface area (Å²) >= 11 is 0. The van der Waals surface area contributed by atoms with E-state index in [-0.39, 0.29) is 5.91 Å². The lowest BCUT2D eigenvalue weighted by Gasteiger charge is -2.27. The number of rotatable bonds is 10. The van der Waals surface area contributed by atoms with Crippen LogP contribution in [0.25, 0.3) is 0 Å². The summed E-state index contributed by atoms with van der Waals surface area (Å²) in [4.78, 5) is 12.7. The minimum Gasteiger partial charge on any atom is -0.493 e. The number of anilines is 1. The van der Waals surface area contributed by atoms with Crippen molar-refractivity contribution in [1.29, 1.82) is 0 Å². The van der Waals surface area contributed by atoms with Crippen LogP contribution < -0.4 is 10.1 Å². The second-order valence-electron chi connectivity index (χ2n) is 7.49. The average Bonchev–Trinajstić information content (AvgIpc) is 2.53. The minimum atomic E-state index is -0.802. The van der Waals surface area contributed by atoms with Gasteiger partial charge in [0.05, 0.1) is 6.61 Å². The highest BCUT2D eigenvalue weighted by molar-refractivity contribution is 5.97. The van der Waals surface area contributed by atoms with E-state index in [1.54, 1.807) is 7.11 Å². The van der Waals surface area contributed by atoms with Gasteiger partial charge in [-0.2, -0.15) is 0 Å². The maximum absolute atomic E-state index is 12.7. The summed E-state index contributed by atoms with van der Waals surface area (Å²) in [6.07, 6.45) is 3.93. The molecule has 0 aliphatic rings. The zero-order valence-corrected chi connectivity index (χ0v) is 17.0. The lowest BCUT2D eigenvalue weighted by atomic mass is 9.96. The molecule has 0 radical (unpaired) electrons. The Morgan fingerprint density at radius 1 is 1.20 bits per heavy atom. The van der Waals surface area contributed by atoms with Crippen molar-refractivity contribution < 1.29 is 14.3 Å². The van der Waals surface area contributed by atoms with Crippen molar-refractivity contribution in [2.45, 2.75) is 72.8 Å². The summed E-state index contributed by atoms with van der Waals surface area (Å²) in [5, 5.41) is 3.01. The van der Waals surface area contributed by atoms with E-state index in [0.717, 1.165) is 48.2 Å². The highest BCUT2D eigenvalue weighted by atomic mass is 16.5. The first-order valence-electron chi connectivity index (χ1n) is 9.34. The van der Waals surface area contributed by atoms with Crippen molar-refractivity contribution >= 4 is 11.6 Å². The third-order valence-electron chi connectivity index (χ3n) is 4.47. The Labute approximate surface area is 153 Å². The summed E-state index contributed by atoms with van der Waals surface area (Å²) < 4.78 is 11.4. The van der Waals surface area contributed by atoms with Crippen LogP contribution in [0, 0.1) is 19.8 Å². The Morgan fingerprint density at radius 3 is 2.28 bits per heavy atom. The van der Waals surface area contributed by atoms with E-state index in [1.807, 2.05) is 32.9 Å². The molecule has 0 aromatic heterocycles. The second kappa shape index (κ2) is 9.81. The van der Waals surface area contributed by atoms with Crippen molar-refractivity contribution in [3.8, 4) is 5.75 Å². The molecule has 4 nitrogen and oxygen atoms in total. The summed E-state index contributed by atoms with van der Waals surface area (Å²) in [6.45, 7) is 13.0. The fraction of sp³-hybridized carbons (Fsp3) is 0.667. The van der Waals surface area contributed by atoms with Gasteiger partial charge in [0, 0.05) is 12.8 Å². The van der Waals surface area contributed by atoms with Crippen molar-refractivity contribution in [3.05, 3.63) is 23.3 Å². The van der Waals surface area contributed by atoms with Crippen molar-refractivity contribution in [1.82, 2.24) is 0 Å². The van der Waals surface area contributed by atoms with Gasteiger partial charge in [-0.15, -0.1) is 0 Å². The van der Waals surface area contributed by atoms with Gasteiger partial charge in [0.2, 0.25) is 0 Å². The molecule has 0 saturated heterocycles. The molecule has 0 unspecified atom stereocenters. The minimum absolute atomic E-state index is 0.0965. The van der Waals surface area contributed by atoms with Crippen LogP contribution in [0.15, 0.2) is 12.1 Å². The van der Waals surface area contributed by atoms with E-state index in [1.165, 1.54) is 0 Å². The molecule has 1 N–H and O–H groups in total. The molecule has 1 atom stereocenters. The zero-order valence-electron chi connectivity index (χ0n) is 17.0. The predicted octanol–water partition coefficient (Wildman–Crippen LogP) is 5.26. The van der Waals surface area contributed by atoms with Crippen molar-refractivity contribution in [3.63, 3.8) is 0 Å². The number of ether oxygens (including phenoxy) is 2. The number of amides is 1. The molecular formula is C21H35NO3. The summed E-state index contributed by atoms with van der Waals surface area (Å²) in [5.41, 5.74) is 2.04. The normalized spacial score (nSPS) is 13.6. The van der Waals surface area contributed by atoms with Gasteiger partial charge in [0.25, 0.3) is 5.91 Å². The summed E-state index contributed by atoms with van der Waals surface area (Å²) in [6, 6.07) is 3.92. The molecule has 25 heavy (non-hydrogen) atoms. The van der Waals surface area contributed by atoms with Crippen LogP contribution in [0.1, 0.15) is 64.5 Å². The smallest absolute Gasteiger partial charge is 0.256 e. The van der Waals surface area contributed by atoms with Gasteiger partial charge in [-0.05, 0) is 56.4 Å². The number of aryl methyl sites for hydroxylation is 2. The average molecular weight is 350 g/mol. The fourth-order valence-electron chi connectivity index (χ4n) is 2.78. The molecule has 0 fully saturated rings. The van der Waals surface area contributed by atoms with Gasteiger partial charge in [-0.25, -0.2) is 0 Å². The molecule has 1 aromatic carbocycles. The lowest BCUT2D eigenvalue weighted by molar-refractivity contribution is -0.136. The van der Waals surface area contributed by atoms with Gasteiger partial charge in [0.15, 0.2) is 0 Å². The first kappa shape index (κ1) is 21.5. The molecule has 0 aliphatic heterocycles. The van der Waals surface area contributed by atoms with Crippen LogP contribution in [-0.2, 0) is 9.53 Å². The molecule has 0 spiro atoms. The largest absolute Gasteiger partial charge is 0.493 e. The Bertz CT molecular complexity index is 545. The quantitative estimate of drug-likeness (QED) is 0.586. The Balaban J connectivity index is 2.86. The molecule has 142 valence electrons. The number of hydrogen-bond acceptors (Lipinski definition) is 3. The Kier molecular flexibility index (Phi) is 8.43. The van der Waals surface area contributed by atoms with Crippen molar-refractivity contribution in [2.24, 2.45) is 5.92 Å².